The molecule has 0 aliphatic rings. The lowest BCUT2D eigenvalue weighted by Crippen LogP contribution is -2.43. The molecule has 3 heteroatoms. The second kappa shape index (κ2) is 7.42. The summed E-state index contributed by atoms with van der Waals surface area (Å²) in [5.74, 6) is 0.0135. The first-order valence-electron chi connectivity index (χ1n) is 8.05. The van der Waals surface area contributed by atoms with E-state index in [0.29, 0.717) is 6.54 Å². The van der Waals surface area contributed by atoms with Crippen LogP contribution in [0.4, 0.5) is 0 Å². The summed E-state index contributed by atoms with van der Waals surface area (Å²) in [5.41, 5.74) is 3.43. The van der Waals surface area contributed by atoms with E-state index >= 15 is 0 Å². The molecular formula is C20H26N2O. The Hall–Kier alpha value is -2.13. The van der Waals surface area contributed by atoms with Crippen LogP contribution in [0.5, 0.6) is 0 Å². The Morgan fingerprint density at radius 1 is 0.957 bits per heavy atom. The van der Waals surface area contributed by atoms with Gasteiger partial charge in [-0.25, -0.2) is 0 Å². The van der Waals surface area contributed by atoms with E-state index in [1.54, 1.807) is 0 Å². The third kappa shape index (κ3) is 5.53. The minimum absolute atomic E-state index is 0.00547. The highest BCUT2D eigenvalue weighted by atomic mass is 16.1. The van der Waals surface area contributed by atoms with E-state index in [4.69, 9.17) is 0 Å². The van der Waals surface area contributed by atoms with Gasteiger partial charge in [0.05, 0.1) is 12.6 Å². The summed E-state index contributed by atoms with van der Waals surface area (Å²) in [6.07, 6.45) is 0. The zero-order valence-electron chi connectivity index (χ0n) is 14.4. The van der Waals surface area contributed by atoms with Crippen LogP contribution in [0.25, 0.3) is 11.1 Å². The van der Waals surface area contributed by atoms with Crippen molar-refractivity contribution in [3.63, 3.8) is 0 Å². The predicted octanol–water partition coefficient (Wildman–Crippen LogP) is 3.92. The molecule has 0 aliphatic heterocycles. The van der Waals surface area contributed by atoms with Crippen LogP contribution in [0.1, 0.15) is 39.3 Å². The number of rotatable bonds is 5. The third-order valence-corrected chi connectivity index (χ3v) is 3.67. The van der Waals surface area contributed by atoms with Gasteiger partial charge in [0.2, 0.25) is 5.91 Å². The molecule has 2 aromatic rings. The molecule has 0 saturated heterocycles. The maximum atomic E-state index is 12.0. The topological polar surface area (TPSA) is 41.1 Å². The fraction of sp³-hybridized carbons (Fsp3) is 0.350. The van der Waals surface area contributed by atoms with Gasteiger partial charge in [0.15, 0.2) is 0 Å². The number of hydrogen-bond donors (Lipinski definition) is 2. The Kier molecular flexibility index (Phi) is 5.56. The van der Waals surface area contributed by atoms with Gasteiger partial charge in [-0.1, -0.05) is 54.6 Å². The lowest BCUT2D eigenvalue weighted by atomic mass is 10.0. The molecule has 122 valence electrons. The zero-order chi connectivity index (χ0) is 16.9. The Morgan fingerprint density at radius 2 is 1.52 bits per heavy atom. The maximum Gasteiger partial charge on any atom is 0.234 e. The van der Waals surface area contributed by atoms with Crippen LogP contribution in [-0.4, -0.2) is 18.0 Å². The summed E-state index contributed by atoms with van der Waals surface area (Å²) in [6.45, 7) is 8.48. The van der Waals surface area contributed by atoms with Crippen molar-refractivity contribution < 1.29 is 4.79 Å². The Labute approximate surface area is 139 Å². The van der Waals surface area contributed by atoms with E-state index in [-0.39, 0.29) is 17.5 Å². The molecule has 0 saturated carbocycles. The molecule has 2 aromatic carbocycles. The van der Waals surface area contributed by atoms with E-state index in [0.717, 1.165) is 5.56 Å². The van der Waals surface area contributed by atoms with E-state index in [9.17, 15) is 4.79 Å². The molecular weight excluding hydrogens is 284 g/mol. The van der Waals surface area contributed by atoms with Crippen molar-refractivity contribution in [1.29, 1.82) is 0 Å². The minimum Gasteiger partial charge on any atom is -0.348 e. The van der Waals surface area contributed by atoms with Gasteiger partial charge in [-0.3, -0.25) is 4.79 Å². The van der Waals surface area contributed by atoms with Crippen LogP contribution >= 0.6 is 0 Å². The quantitative estimate of drug-likeness (QED) is 0.879. The molecule has 0 unspecified atom stereocenters. The number of benzene rings is 2. The van der Waals surface area contributed by atoms with Crippen LogP contribution in [-0.2, 0) is 4.79 Å². The van der Waals surface area contributed by atoms with Crippen LogP contribution in [0, 0.1) is 0 Å². The largest absolute Gasteiger partial charge is 0.348 e. The van der Waals surface area contributed by atoms with Crippen molar-refractivity contribution in [3.8, 4) is 11.1 Å². The second-order valence-corrected chi connectivity index (χ2v) is 6.88. The molecule has 0 aliphatic carbocycles. The number of carbonyl (C=O) groups excluding carboxylic acids is 1. The lowest BCUT2D eigenvalue weighted by Gasteiger charge is -2.21. The molecule has 3 nitrogen and oxygen atoms in total. The monoisotopic (exact) mass is 310 g/mol. The normalized spacial score (nSPS) is 12.7. The first-order chi connectivity index (χ1) is 10.8. The summed E-state index contributed by atoms with van der Waals surface area (Å²) in [7, 11) is 0. The van der Waals surface area contributed by atoms with Crippen molar-refractivity contribution in [2.45, 2.75) is 39.3 Å². The summed E-state index contributed by atoms with van der Waals surface area (Å²) >= 11 is 0. The molecule has 0 bridgehead atoms. The van der Waals surface area contributed by atoms with Gasteiger partial charge < -0.3 is 10.6 Å². The van der Waals surface area contributed by atoms with Gasteiger partial charge in [0, 0.05) is 5.54 Å². The average Bonchev–Trinajstić information content (AvgIpc) is 2.53. The van der Waals surface area contributed by atoms with E-state index < -0.39 is 0 Å². The van der Waals surface area contributed by atoms with Gasteiger partial charge in [-0.2, -0.15) is 0 Å². The van der Waals surface area contributed by atoms with Gasteiger partial charge in [-0.05, 0) is 44.4 Å². The SMILES string of the molecule is C[C@@H](NC(=O)CNC(C)(C)C)c1ccc(-c2ccccc2)cc1. The molecule has 0 radical (unpaired) electrons. The predicted molar refractivity (Wildman–Crippen MR) is 96.2 cm³/mol. The Balaban J connectivity index is 1.95. The van der Waals surface area contributed by atoms with Crippen molar-refractivity contribution in [2.24, 2.45) is 0 Å². The van der Waals surface area contributed by atoms with Crippen molar-refractivity contribution in [3.05, 3.63) is 60.2 Å². The van der Waals surface area contributed by atoms with Crippen molar-refractivity contribution >= 4 is 5.91 Å². The smallest absolute Gasteiger partial charge is 0.234 e. The van der Waals surface area contributed by atoms with Gasteiger partial charge in [0.1, 0.15) is 0 Å². The van der Waals surface area contributed by atoms with Crippen LogP contribution in [0.2, 0.25) is 0 Å². The summed E-state index contributed by atoms with van der Waals surface area (Å²) in [6, 6.07) is 18.6. The summed E-state index contributed by atoms with van der Waals surface area (Å²) in [5, 5.41) is 6.22. The maximum absolute atomic E-state index is 12.0. The molecule has 0 heterocycles. The van der Waals surface area contributed by atoms with Gasteiger partial charge >= 0.3 is 0 Å². The first-order valence-corrected chi connectivity index (χ1v) is 8.05. The summed E-state index contributed by atoms with van der Waals surface area (Å²) < 4.78 is 0. The molecule has 1 atom stereocenters. The zero-order valence-corrected chi connectivity index (χ0v) is 14.4. The highest BCUT2D eigenvalue weighted by Gasteiger charge is 2.13. The highest BCUT2D eigenvalue weighted by Crippen LogP contribution is 2.21. The highest BCUT2D eigenvalue weighted by molar-refractivity contribution is 5.78. The van der Waals surface area contributed by atoms with E-state index in [1.807, 2.05) is 45.9 Å². The fourth-order valence-corrected chi connectivity index (χ4v) is 2.32. The van der Waals surface area contributed by atoms with Gasteiger partial charge in [0.25, 0.3) is 0 Å². The lowest BCUT2D eigenvalue weighted by molar-refractivity contribution is -0.121. The number of carbonyl (C=O) groups is 1. The van der Waals surface area contributed by atoms with E-state index in [2.05, 4.69) is 47.0 Å². The minimum atomic E-state index is -0.0576. The van der Waals surface area contributed by atoms with Crippen LogP contribution in [0.15, 0.2) is 54.6 Å². The van der Waals surface area contributed by atoms with Crippen molar-refractivity contribution in [1.82, 2.24) is 10.6 Å². The second-order valence-electron chi connectivity index (χ2n) is 6.88. The van der Waals surface area contributed by atoms with E-state index in [1.165, 1.54) is 11.1 Å². The van der Waals surface area contributed by atoms with Crippen LogP contribution in [0.3, 0.4) is 0 Å². The summed E-state index contributed by atoms with van der Waals surface area (Å²) in [4.78, 5) is 12.0. The standard InChI is InChI=1S/C20H26N2O/c1-15(22-19(23)14-21-20(2,3)4)16-10-12-18(13-11-16)17-8-6-5-7-9-17/h5-13,15,21H,14H2,1-4H3,(H,22,23)/t15-/m1/s1. The van der Waals surface area contributed by atoms with Crippen molar-refractivity contribution in [2.75, 3.05) is 6.54 Å². The molecule has 0 spiro atoms. The fourth-order valence-electron chi connectivity index (χ4n) is 2.32. The molecule has 2 rings (SSSR count). The molecule has 0 aromatic heterocycles. The van der Waals surface area contributed by atoms with Crippen LogP contribution < -0.4 is 10.6 Å². The number of amides is 1. The Morgan fingerprint density at radius 3 is 2.09 bits per heavy atom. The first kappa shape index (κ1) is 17.2. The third-order valence-electron chi connectivity index (χ3n) is 3.67. The molecule has 0 fully saturated rings. The number of nitrogens with one attached hydrogen (secondary N) is 2. The molecule has 23 heavy (non-hydrogen) atoms. The Bertz CT molecular complexity index is 627. The average molecular weight is 310 g/mol. The number of hydrogen-bond acceptors (Lipinski definition) is 2. The molecule has 2 N–H and O–H groups in total. The molecule has 1 amide bonds. The van der Waals surface area contributed by atoms with Gasteiger partial charge in [-0.15, -0.1) is 0 Å².